The molecule has 0 aromatic heterocycles. The highest BCUT2D eigenvalue weighted by Gasteiger charge is 2.64. The molecular weight excluding hydrogens is 131 g/mol. The van der Waals surface area contributed by atoms with Crippen LogP contribution in [0.4, 0.5) is 0 Å². The molecule has 0 bridgehead atoms. The fraction of sp³-hybridized carbons (Fsp3) is 0.667. The van der Waals surface area contributed by atoms with E-state index in [9.17, 15) is 4.79 Å². The Labute approximate surface area is 46.6 Å². The smallest absolute Gasteiger partial charge is 0.225 e. The zero-order valence-corrected chi connectivity index (χ0v) is 4.80. The average Bonchev–Trinajstić information content (AvgIpc) is 2.22. The van der Waals surface area contributed by atoms with Gasteiger partial charge >= 0.3 is 0 Å². The molecule has 2 atom stereocenters. The first-order valence-electron chi connectivity index (χ1n) is 1.99. The summed E-state index contributed by atoms with van der Waals surface area (Å²) in [7, 11) is -1.91. The van der Waals surface area contributed by atoms with Gasteiger partial charge in [0.05, 0.1) is 6.61 Å². The third-order valence-corrected chi connectivity index (χ3v) is 2.63. The summed E-state index contributed by atoms with van der Waals surface area (Å²) in [5.74, 6) is 0. The molecule has 1 heterocycles. The lowest BCUT2D eigenvalue weighted by molar-refractivity contribution is -0.116. The Morgan fingerprint density at radius 3 is 2.12 bits per heavy atom. The van der Waals surface area contributed by atoms with Crippen LogP contribution in [0.1, 0.15) is 0 Å². The standard InChI is InChI=1S/C3H5O4P/c4-1-3(6)2(5)8(3)7/h4,6-7H,1H2. The summed E-state index contributed by atoms with van der Waals surface area (Å²) in [5, 5.41) is 15.1. The van der Waals surface area contributed by atoms with Gasteiger partial charge in [-0.3, -0.25) is 4.79 Å². The molecule has 0 aromatic rings. The molecule has 0 spiro atoms. The first kappa shape index (κ1) is 6.11. The maximum absolute atomic E-state index is 10.1. The Bertz CT molecular complexity index is 135. The Morgan fingerprint density at radius 1 is 1.75 bits per heavy atom. The van der Waals surface area contributed by atoms with Gasteiger partial charge in [-0.2, -0.15) is 0 Å². The SMILES string of the molecule is O=C1P(O)C1(O)CO. The fourth-order valence-electron chi connectivity index (χ4n) is 0.375. The zero-order valence-electron chi connectivity index (χ0n) is 3.90. The van der Waals surface area contributed by atoms with Gasteiger partial charge < -0.3 is 15.1 Å². The summed E-state index contributed by atoms with van der Waals surface area (Å²) >= 11 is 0. The summed E-state index contributed by atoms with van der Waals surface area (Å²) in [6.45, 7) is -0.659. The molecule has 1 aliphatic heterocycles. The molecule has 0 amide bonds. The molecule has 2 unspecified atom stereocenters. The summed E-state index contributed by atoms with van der Waals surface area (Å²) in [4.78, 5) is 18.6. The van der Waals surface area contributed by atoms with Crippen molar-refractivity contribution in [2.45, 2.75) is 5.34 Å². The van der Waals surface area contributed by atoms with Gasteiger partial charge in [-0.1, -0.05) is 0 Å². The van der Waals surface area contributed by atoms with Crippen molar-refractivity contribution in [3.05, 3.63) is 0 Å². The third kappa shape index (κ3) is 0.514. The number of aliphatic hydroxyl groups excluding tert-OH is 1. The lowest BCUT2D eigenvalue weighted by Crippen LogP contribution is -2.15. The molecule has 0 saturated carbocycles. The largest absolute Gasteiger partial charge is 0.392 e. The molecule has 3 N–H and O–H groups in total. The molecule has 4 nitrogen and oxygen atoms in total. The van der Waals surface area contributed by atoms with Crippen LogP contribution in [-0.4, -0.2) is 32.6 Å². The Hall–Kier alpha value is -0.0200. The molecule has 0 aromatic carbocycles. The quantitative estimate of drug-likeness (QED) is 0.387. The highest BCUT2D eigenvalue weighted by Crippen LogP contribution is 2.64. The molecule has 1 saturated heterocycles. The van der Waals surface area contributed by atoms with E-state index in [1.165, 1.54) is 0 Å². The van der Waals surface area contributed by atoms with Crippen molar-refractivity contribution in [2.24, 2.45) is 0 Å². The lowest BCUT2D eigenvalue weighted by atomic mass is 10.4. The van der Waals surface area contributed by atoms with Crippen molar-refractivity contribution in [1.29, 1.82) is 0 Å². The van der Waals surface area contributed by atoms with Crippen LogP contribution in [0.25, 0.3) is 0 Å². The Kier molecular flexibility index (Phi) is 1.13. The monoisotopic (exact) mass is 136 g/mol. The van der Waals surface area contributed by atoms with Crippen molar-refractivity contribution in [2.75, 3.05) is 6.61 Å². The van der Waals surface area contributed by atoms with Crippen LogP contribution in [0, 0.1) is 0 Å². The van der Waals surface area contributed by atoms with Gasteiger partial charge in [-0.05, 0) is 0 Å². The van der Waals surface area contributed by atoms with Crippen LogP contribution in [0.5, 0.6) is 0 Å². The number of carbonyl (C=O) groups excluding carboxylic acids is 1. The van der Waals surface area contributed by atoms with Gasteiger partial charge in [0.25, 0.3) is 0 Å². The summed E-state index contributed by atoms with van der Waals surface area (Å²) in [5.41, 5.74) is -0.630. The van der Waals surface area contributed by atoms with Gasteiger partial charge in [-0.25, -0.2) is 0 Å². The molecule has 46 valence electrons. The molecule has 1 rings (SSSR count). The second-order valence-electron chi connectivity index (χ2n) is 1.59. The zero-order chi connectivity index (χ0) is 6.36. The van der Waals surface area contributed by atoms with Crippen molar-refractivity contribution >= 4 is 13.7 Å². The summed E-state index contributed by atoms with van der Waals surface area (Å²) in [6, 6.07) is 0. The van der Waals surface area contributed by atoms with E-state index in [1.807, 2.05) is 0 Å². The van der Waals surface area contributed by atoms with Gasteiger partial charge in [0.2, 0.25) is 10.9 Å². The Balaban J connectivity index is 2.63. The van der Waals surface area contributed by atoms with Crippen LogP contribution < -0.4 is 0 Å². The number of carbonyl (C=O) groups is 1. The first-order valence-corrected chi connectivity index (χ1v) is 3.29. The first-order chi connectivity index (χ1) is 3.63. The van der Waals surface area contributed by atoms with E-state index < -0.39 is 25.6 Å². The van der Waals surface area contributed by atoms with Gasteiger partial charge in [-0.15, -0.1) is 0 Å². The normalized spacial score (nSPS) is 44.9. The van der Waals surface area contributed by atoms with Crippen molar-refractivity contribution in [3.63, 3.8) is 0 Å². The van der Waals surface area contributed by atoms with Gasteiger partial charge in [0, 0.05) is 0 Å². The third-order valence-electron chi connectivity index (χ3n) is 1.06. The number of aliphatic hydroxyl groups is 2. The van der Waals surface area contributed by atoms with Crippen molar-refractivity contribution in [1.82, 2.24) is 0 Å². The number of rotatable bonds is 1. The predicted molar refractivity (Wildman–Crippen MR) is 26.2 cm³/mol. The van der Waals surface area contributed by atoms with Crippen LogP contribution in [-0.2, 0) is 4.79 Å². The topological polar surface area (TPSA) is 77.8 Å². The molecule has 0 aliphatic carbocycles. The minimum Gasteiger partial charge on any atom is -0.392 e. The van der Waals surface area contributed by atoms with E-state index in [2.05, 4.69) is 0 Å². The van der Waals surface area contributed by atoms with Crippen LogP contribution >= 0.6 is 8.15 Å². The second kappa shape index (κ2) is 1.48. The minimum atomic E-state index is -1.91. The predicted octanol–water partition coefficient (Wildman–Crippen LogP) is -1.40. The molecule has 0 radical (unpaired) electrons. The summed E-state index contributed by atoms with van der Waals surface area (Å²) < 4.78 is 0. The van der Waals surface area contributed by atoms with E-state index in [1.54, 1.807) is 0 Å². The van der Waals surface area contributed by atoms with E-state index in [-0.39, 0.29) is 0 Å². The average molecular weight is 136 g/mol. The number of hydrogen-bond donors (Lipinski definition) is 3. The highest BCUT2D eigenvalue weighted by molar-refractivity contribution is 7.84. The number of hydrogen-bond acceptors (Lipinski definition) is 4. The van der Waals surface area contributed by atoms with E-state index >= 15 is 0 Å². The van der Waals surface area contributed by atoms with Gasteiger partial charge in [0.1, 0.15) is 8.15 Å². The molecule has 8 heavy (non-hydrogen) atoms. The van der Waals surface area contributed by atoms with Gasteiger partial charge in [0.15, 0.2) is 0 Å². The molecular formula is C3H5O4P. The highest BCUT2D eigenvalue weighted by atomic mass is 31.2. The summed E-state index contributed by atoms with van der Waals surface area (Å²) in [6.07, 6.45) is 0. The van der Waals surface area contributed by atoms with Crippen molar-refractivity contribution < 1.29 is 19.9 Å². The van der Waals surface area contributed by atoms with Crippen LogP contribution in [0.2, 0.25) is 0 Å². The van der Waals surface area contributed by atoms with E-state index in [0.29, 0.717) is 0 Å². The maximum atomic E-state index is 10.1. The fourth-order valence-corrected chi connectivity index (χ4v) is 1.20. The maximum Gasteiger partial charge on any atom is 0.225 e. The lowest BCUT2D eigenvalue weighted by Gasteiger charge is -1.94. The van der Waals surface area contributed by atoms with Crippen LogP contribution in [0.15, 0.2) is 0 Å². The molecule has 1 fully saturated rings. The second-order valence-corrected chi connectivity index (χ2v) is 3.36. The van der Waals surface area contributed by atoms with E-state index in [0.717, 1.165) is 0 Å². The van der Waals surface area contributed by atoms with Crippen molar-refractivity contribution in [3.8, 4) is 0 Å². The Morgan fingerprint density at radius 2 is 2.12 bits per heavy atom. The van der Waals surface area contributed by atoms with Crippen LogP contribution in [0.3, 0.4) is 0 Å². The minimum absolute atomic E-state index is 0.630. The molecule has 1 aliphatic rings. The van der Waals surface area contributed by atoms with E-state index in [4.69, 9.17) is 15.1 Å². The molecule has 5 heteroatoms.